The molecule has 2 heterocycles. The number of urea groups is 1. The molecule has 32 heavy (non-hydrogen) atoms. The van der Waals surface area contributed by atoms with Crippen LogP contribution in [0.15, 0.2) is 78.5 Å². The van der Waals surface area contributed by atoms with Crippen molar-refractivity contribution in [3.05, 3.63) is 89.6 Å². The second kappa shape index (κ2) is 10.6. The first-order valence-corrected chi connectivity index (χ1v) is 11.0. The number of carbonyl (C=O) groups excluding carboxylic acids is 1. The number of aromatic nitrogens is 2. The minimum Gasteiger partial charge on any atom is -0.493 e. The summed E-state index contributed by atoms with van der Waals surface area (Å²) >= 11 is 0. The molecular weight excluding hydrogens is 400 g/mol. The van der Waals surface area contributed by atoms with Gasteiger partial charge in [-0.3, -0.25) is 5.32 Å². The van der Waals surface area contributed by atoms with Gasteiger partial charge < -0.3 is 9.64 Å². The van der Waals surface area contributed by atoms with E-state index in [0.29, 0.717) is 25.5 Å². The average Bonchev–Trinajstić information content (AvgIpc) is 2.82. The Morgan fingerprint density at radius 3 is 2.81 bits per heavy atom. The highest BCUT2D eigenvalue weighted by molar-refractivity contribution is 5.88. The van der Waals surface area contributed by atoms with Crippen molar-refractivity contribution in [1.82, 2.24) is 15.1 Å². The van der Waals surface area contributed by atoms with Gasteiger partial charge in [0.05, 0.1) is 6.61 Å². The molecule has 1 unspecified atom stereocenters. The Bertz CT molecular complexity index is 1050. The number of hydrogen-bond acceptors (Lipinski definition) is 4. The number of nitrogens with one attached hydrogen (secondary N) is 1. The number of carbonyl (C=O) groups is 1. The summed E-state index contributed by atoms with van der Waals surface area (Å²) in [5, 5.41) is 10.5. The molecule has 0 aliphatic carbocycles. The van der Waals surface area contributed by atoms with Crippen molar-refractivity contribution in [2.24, 2.45) is 5.92 Å². The van der Waals surface area contributed by atoms with Gasteiger partial charge in [-0.05, 0) is 47.7 Å². The van der Waals surface area contributed by atoms with Crippen LogP contribution in [0, 0.1) is 5.92 Å². The molecule has 1 atom stereocenters. The van der Waals surface area contributed by atoms with Crippen LogP contribution in [0.5, 0.6) is 5.75 Å². The van der Waals surface area contributed by atoms with Crippen LogP contribution in [0.2, 0.25) is 0 Å². The minimum atomic E-state index is -0.134. The lowest BCUT2D eigenvalue weighted by molar-refractivity contribution is 0.197. The van der Waals surface area contributed by atoms with E-state index in [1.807, 2.05) is 35.2 Å². The number of likely N-dealkylation sites (tertiary alicyclic amines) is 1. The topological polar surface area (TPSA) is 67.4 Å². The molecule has 2 amide bonds. The number of rotatable bonds is 6. The molecule has 1 aliphatic heterocycles. The molecule has 1 N–H and O–H groups in total. The largest absolute Gasteiger partial charge is 0.493 e. The predicted molar refractivity (Wildman–Crippen MR) is 126 cm³/mol. The van der Waals surface area contributed by atoms with Crippen molar-refractivity contribution in [3.63, 3.8) is 0 Å². The molecule has 1 fully saturated rings. The third kappa shape index (κ3) is 5.94. The van der Waals surface area contributed by atoms with Crippen LogP contribution in [0.4, 0.5) is 10.6 Å². The van der Waals surface area contributed by atoms with Gasteiger partial charge in [0.1, 0.15) is 5.75 Å². The number of hydrogen-bond donors (Lipinski definition) is 1. The SMILES string of the molecule is CC1CN(C(=O)Nc2cccnn2)CCC1=Cc1cccc(OCCc2ccccc2)c1. The van der Waals surface area contributed by atoms with E-state index < -0.39 is 0 Å². The summed E-state index contributed by atoms with van der Waals surface area (Å²) < 4.78 is 5.97. The van der Waals surface area contributed by atoms with Gasteiger partial charge in [0.2, 0.25) is 0 Å². The van der Waals surface area contributed by atoms with E-state index in [2.05, 4.69) is 52.8 Å². The molecule has 1 aliphatic rings. The lowest BCUT2D eigenvalue weighted by atomic mass is 9.91. The Kier molecular flexibility index (Phi) is 7.12. The maximum atomic E-state index is 12.5. The van der Waals surface area contributed by atoms with Crippen molar-refractivity contribution < 1.29 is 9.53 Å². The Balaban J connectivity index is 1.32. The van der Waals surface area contributed by atoms with Crippen molar-refractivity contribution in [2.45, 2.75) is 19.8 Å². The molecule has 0 bridgehead atoms. The molecule has 1 saturated heterocycles. The smallest absolute Gasteiger partial charge is 0.323 e. The van der Waals surface area contributed by atoms with Crippen molar-refractivity contribution in [1.29, 1.82) is 0 Å². The van der Waals surface area contributed by atoms with Crippen molar-refractivity contribution in [3.8, 4) is 5.75 Å². The fourth-order valence-corrected chi connectivity index (χ4v) is 3.84. The van der Waals surface area contributed by atoms with E-state index in [1.54, 1.807) is 18.3 Å². The van der Waals surface area contributed by atoms with Crippen molar-refractivity contribution in [2.75, 3.05) is 25.0 Å². The quantitative estimate of drug-likeness (QED) is 0.596. The van der Waals surface area contributed by atoms with Crippen LogP contribution in [0.3, 0.4) is 0 Å². The van der Waals surface area contributed by atoms with E-state index >= 15 is 0 Å². The Morgan fingerprint density at radius 2 is 2.03 bits per heavy atom. The van der Waals surface area contributed by atoms with E-state index in [-0.39, 0.29) is 11.9 Å². The predicted octanol–water partition coefficient (Wildman–Crippen LogP) is 5.06. The van der Waals surface area contributed by atoms with Crippen molar-refractivity contribution >= 4 is 17.9 Å². The molecule has 0 saturated carbocycles. The molecule has 0 spiro atoms. The zero-order chi connectivity index (χ0) is 22.2. The molecule has 164 valence electrons. The van der Waals surface area contributed by atoms with Gasteiger partial charge >= 0.3 is 6.03 Å². The first-order chi connectivity index (χ1) is 15.7. The van der Waals surface area contributed by atoms with Crippen LogP contribution in [-0.2, 0) is 6.42 Å². The maximum absolute atomic E-state index is 12.5. The van der Waals surface area contributed by atoms with Gasteiger partial charge in [-0.25, -0.2) is 4.79 Å². The summed E-state index contributed by atoms with van der Waals surface area (Å²) in [7, 11) is 0. The number of anilines is 1. The zero-order valence-electron chi connectivity index (χ0n) is 18.3. The van der Waals surface area contributed by atoms with Gasteiger partial charge in [0.15, 0.2) is 5.82 Å². The summed E-state index contributed by atoms with van der Waals surface area (Å²) in [4.78, 5) is 14.4. The molecule has 0 radical (unpaired) electrons. The fraction of sp³-hybridized carbons (Fsp3) is 0.269. The van der Waals surface area contributed by atoms with Crippen LogP contribution < -0.4 is 10.1 Å². The second-order valence-electron chi connectivity index (χ2n) is 8.01. The van der Waals surface area contributed by atoms with Crippen LogP contribution in [0.25, 0.3) is 6.08 Å². The monoisotopic (exact) mass is 428 g/mol. The van der Waals surface area contributed by atoms with Gasteiger partial charge in [-0.15, -0.1) is 5.10 Å². The summed E-state index contributed by atoms with van der Waals surface area (Å²) in [6, 6.07) is 21.9. The standard InChI is InChI=1S/C26H28N4O2/c1-20-19-30(26(31)28-25-11-6-14-27-29-25)15-12-23(20)17-22-9-5-10-24(18-22)32-16-13-21-7-3-2-4-8-21/h2-11,14,17-18,20H,12-13,15-16,19H2,1H3,(H,28,29,31). The summed E-state index contributed by atoms with van der Waals surface area (Å²) in [6.07, 6.45) is 5.54. The third-order valence-corrected chi connectivity index (χ3v) is 5.60. The highest BCUT2D eigenvalue weighted by atomic mass is 16.5. The zero-order valence-corrected chi connectivity index (χ0v) is 18.3. The molecule has 6 heteroatoms. The van der Waals surface area contributed by atoms with E-state index in [9.17, 15) is 4.79 Å². The lowest BCUT2D eigenvalue weighted by Crippen LogP contribution is -2.42. The summed E-state index contributed by atoms with van der Waals surface area (Å²) in [5.74, 6) is 1.62. The second-order valence-corrected chi connectivity index (χ2v) is 8.01. The summed E-state index contributed by atoms with van der Waals surface area (Å²) in [6.45, 7) is 4.16. The number of ether oxygens (including phenoxy) is 1. The normalized spacial score (nSPS) is 17.2. The maximum Gasteiger partial charge on any atom is 0.323 e. The van der Waals surface area contributed by atoms with Crippen LogP contribution in [-0.4, -0.2) is 40.8 Å². The molecule has 6 nitrogen and oxygen atoms in total. The number of amides is 2. The minimum absolute atomic E-state index is 0.134. The number of nitrogens with zero attached hydrogens (tertiary/aromatic N) is 3. The molecule has 2 aromatic carbocycles. The Morgan fingerprint density at radius 1 is 1.16 bits per heavy atom. The first-order valence-electron chi connectivity index (χ1n) is 11.0. The van der Waals surface area contributed by atoms with Crippen LogP contribution in [0.1, 0.15) is 24.5 Å². The van der Waals surface area contributed by atoms with E-state index in [1.165, 1.54) is 11.1 Å². The third-order valence-electron chi connectivity index (χ3n) is 5.60. The Labute approximate surface area is 188 Å². The van der Waals surface area contributed by atoms with Gasteiger partial charge in [0.25, 0.3) is 0 Å². The summed E-state index contributed by atoms with van der Waals surface area (Å²) in [5.41, 5.74) is 3.74. The van der Waals surface area contributed by atoms with E-state index in [4.69, 9.17) is 4.74 Å². The van der Waals surface area contributed by atoms with Crippen LogP contribution >= 0.6 is 0 Å². The average molecular weight is 429 g/mol. The highest BCUT2D eigenvalue weighted by Gasteiger charge is 2.24. The molecule has 1 aromatic heterocycles. The molecule has 4 rings (SSSR count). The fourth-order valence-electron chi connectivity index (χ4n) is 3.84. The van der Waals surface area contributed by atoms with E-state index in [0.717, 1.165) is 24.2 Å². The van der Waals surface area contributed by atoms with Gasteiger partial charge in [0, 0.05) is 25.7 Å². The number of benzene rings is 2. The Hall–Kier alpha value is -3.67. The number of piperidine rings is 1. The van der Waals surface area contributed by atoms with Gasteiger partial charge in [-0.2, -0.15) is 5.10 Å². The highest BCUT2D eigenvalue weighted by Crippen LogP contribution is 2.26. The molecule has 3 aromatic rings. The molecular formula is C26H28N4O2. The first kappa shape index (κ1) is 21.6. The van der Waals surface area contributed by atoms with Gasteiger partial charge in [-0.1, -0.05) is 61.0 Å². The lowest BCUT2D eigenvalue weighted by Gasteiger charge is -2.33.